The molecule has 128 valence electrons. The first-order valence-electron chi connectivity index (χ1n) is 6.15. The van der Waals surface area contributed by atoms with Crippen LogP contribution in [-0.4, -0.2) is 13.3 Å². The molecule has 0 amide bonds. The number of sulfonamides is 1. The summed E-state index contributed by atoms with van der Waals surface area (Å²) in [4.78, 5) is 9.38. The summed E-state index contributed by atoms with van der Waals surface area (Å²) in [7, 11) is -4.45. The molecular weight excluding hydrogens is 417 g/mol. The first kappa shape index (κ1) is 18.2. The van der Waals surface area contributed by atoms with Gasteiger partial charge in [0, 0.05) is 10.5 Å². The van der Waals surface area contributed by atoms with Gasteiger partial charge >= 0.3 is 6.18 Å². The van der Waals surface area contributed by atoms with Gasteiger partial charge in [-0.2, -0.15) is 13.2 Å². The SMILES string of the molecule is O=[N+]([O-])c1ccccc1S(=O)(=O)Nc1cc(Br)cc(C(F)(F)F)c1. The van der Waals surface area contributed by atoms with Crippen molar-refractivity contribution in [1.29, 1.82) is 0 Å². The molecule has 2 aromatic rings. The van der Waals surface area contributed by atoms with Crippen LogP contribution < -0.4 is 4.72 Å². The fourth-order valence-electron chi connectivity index (χ4n) is 1.86. The molecule has 2 rings (SSSR count). The number of nitro benzene ring substituents is 1. The fourth-order valence-corrected chi connectivity index (χ4v) is 3.56. The van der Waals surface area contributed by atoms with Crippen LogP contribution >= 0.6 is 15.9 Å². The van der Waals surface area contributed by atoms with E-state index in [4.69, 9.17) is 0 Å². The Hall–Kier alpha value is -2.14. The molecule has 6 nitrogen and oxygen atoms in total. The van der Waals surface area contributed by atoms with Gasteiger partial charge in [-0.3, -0.25) is 14.8 Å². The van der Waals surface area contributed by atoms with E-state index in [9.17, 15) is 31.7 Å². The maximum Gasteiger partial charge on any atom is 0.416 e. The highest BCUT2D eigenvalue weighted by Gasteiger charge is 2.32. The standard InChI is InChI=1S/C13H8BrF3N2O4S/c14-9-5-8(13(15,16)17)6-10(7-9)18-24(22,23)12-4-2-1-3-11(12)19(20)21/h1-7,18H. The van der Waals surface area contributed by atoms with Gasteiger partial charge in [-0.1, -0.05) is 28.1 Å². The van der Waals surface area contributed by atoms with Crippen molar-refractivity contribution in [2.24, 2.45) is 0 Å². The Morgan fingerprint density at radius 3 is 2.33 bits per heavy atom. The zero-order valence-electron chi connectivity index (χ0n) is 11.5. The van der Waals surface area contributed by atoms with Gasteiger partial charge in [0.05, 0.1) is 16.2 Å². The Labute approximate surface area is 142 Å². The molecule has 0 fully saturated rings. The zero-order valence-corrected chi connectivity index (χ0v) is 13.9. The average Bonchev–Trinajstić information content (AvgIpc) is 2.45. The lowest BCUT2D eigenvalue weighted by Crippen LogP contribution is -2.15. The maximum atomic E-state index is 12.8. The molecule has 0 bridgehead atoms. The lowest BCUT2D eigenvalue weighted by molar-refractivity contribution is -0.387. The van der Waals surface area contributed by atoms with Crippen LogP contribution in [0.3, 0.4) is 0 Å². The van der Waals surface area contributed by atoms with E-state index in [0.29, 0.717) is 6.07 Å². The van der Waals surface area contributed by atoms with Gasteiger partial charge in [-0.25, -0.2) is 8.42 Å². The van der Waals surface area contributed by atoms with Gasteiger partial charge in [0.2, 0.25) is 0 Å². The number of hydrogen-bond donors (Lipinski definition) is 1. The number of nitrogens with one attached hydrogen (secondary N) is 1. The van der Waals surface area contributed by atoms with Crippen LogP contribution in [-0.2, 0) is 16.2 Å². The maximum absolute atomic E-state index is 12.8. The quantitative estimate of drug-likeness (QED) is 0.588. The van der Waals surface area contributed by atoms with E-state index in [1.807, 2.05) is 4.72 Å². The Morgan fingerprint density at radius 1 is 1.12 bits per heavy atom. The number of halogens is 4. The van der Waals surface area contributed by atoms with Crippen LogP contribution in [0.5, 0.6) is 0 Å². The van der Waals surface area contributed by atoms with Crippen LogP contribution in [0.4, 0.5) is 24.5 Å². The first-order valence-corrected chi connectivity index (χ1v) is 8.42. The van der Waals surface area contributed by atoms with Crippen molar-refractivity contribution in [2.75, 3.05) is 4.72 Å². The van der Waals surface area contributed by atoms with E-state index < -0.39 is 37.3 Å². The highest BCUT2D eigenvalue weighted by atomic mass is 79.9. The number of nitrogens with zero attached hydrogens (tertiary/aromatic N) is 1. The highest BCUT2D eigenvalue weighted by molar-refractivity contribution is 9.10. The number of benzene rings is 2. The van der Waals surface area contributed by atoms with Gasteiger partial charge in [0.15, 0.2) is 4.90 Å². The van der Waals surface area contributed by atoms with Crippen molar-refractivity contribution in [1.82, 2.24) is 0 Å². The molecule has 0 spiro atoms. The van der Waals surface area contributed by atoms with Gasteiger partial charge < -0.3 is 0 Å². The molecular formula is C13H8BrF3N2O4S. The second-order valence-corrected chi connectivity index (χ2v) is 7.12. The lowest BCUT2D eigenvalue weighted by Gasteiger charge is -2.12. The molecule has 11 heteroatoms. The van der Waals surface area contributed by atoms with Crippen molar-refractivity contribution in [2.45, 2.75) is 11.1 Å². The smallest absolute Gasteiger partial charge is 0.279 e. The second-order valence-electron chi connectivity index (χ2n) is 4.56. The summed E-state index contributed by atoms with van der Waals surface area (Å²) in [5, 5.41) is 10.9. The fraction of sp³-hybridized carbons (Fsp3) is 0.0769. The summed E-state index contributed by atoms with van der Waals surface area (Å²) in [6.45, 7) is 0. The van der Waals surface area contributed by atoms with Gasteiger partial charge in [0.1, 0.15) is 0 Å². The van der Waals surface area contributed by atoms with E-state index in [1.165, 1.54) is 12.1 Å². The summed E-state index contributed by atoms with van der Waals surface area (Å²) in [5.41, 5.74) is -2.14. The third kappa shape index (κ3) is 4.03. The minimum absolute atomic E-state index is 0.00223. The molecule has 0 saturated carbocycles. The molecule has 0 radical (unpaired) electrons. The van der Waals surface area contributed by atoms with E-state index in [1.54, 1.807) is 0 Å². The second kappa shape index (κ2) is 6.40. The molecule has 0 atom stereocenters. The predicted molar refractivity (Wildman–Crippen MR) is 83.0 cm³/mol. The van der Waals surface area contributed by atoms with Crippen molar-refractivity contribution < 1.29 is 26.5 Å². The van der Waals surface area contributed by atoms with E-state index >= 15 is 0 Å². The van der Waals surface area contributed by atoms with Crippen LogP contribution in [0.1, 0.15) is 5.56 Å². The number of hydrogen-bond acceptors (Lipinski definition) is 4. The predicted octanol–water partition coefficient (Wildman–Crippen LogP) is 4.18. The van der Waals surface area contributed by atoms with E-state index in [-0.39, 0.29) is 10.2 Å². The minimum Gasteiger partial charge on any atom is -0.279 e. The molecule has 2 aromatic carbocycles. The lowest BCUT2D eigenvalue weighted by atomic mass is 10.2. The summed E-state index contributed by atoms with van der Waals surface area (Å²) in [6, 6.07) is 7.00. The van der Waals surface area contributed by atoms with Crippen LogP contribution in [0.2, 0.25) is 0 Å². The normalized spacial score (nSPS) is 12.0. The third-order valence-electron chi connectivity index (χ3n) is 2.83. The monoisotopic (exact) mass is 424 g/mol. The summed E-state index contributed by atoms with van der Waals surface area (Å²) in [6.07, 6.45) is -4.68. The van der Waals surface area contributed by atoms with Crippen LogP contribution in [0, 0.1) is 10.1 Å². The van der Waals surface area contributed by atoms with Gasteiger partial charge in [-0.05, 0) is 24.3 Å². The van der Waals surface area contributed by atoms with Crippen molar-refractivity contribution in [3.8, 4) is 0 Å². The summed E-state index contributed by atoms with van der Waals surface area (Å²) >= 11 is 2.86. The minimum atomic E-state index is -4.68. The summed E-state index contributed by atoms with van der Waals surface area (Å²) < 4.78 is 64.9. The van der Waals surface area contributed by atoms with Crippen LogP contribution in [0.25, 0.3) is 0 Å². The van der Waals surface area contributed by atoms with Gasteiger partial charge in [-0.15, -0.1) is 0 Å². The average molecular weight is 425 g/mol. The molecule has 0 aliphatic carbocycles. The molecule has 0 unspecified atom stereocenters. The number of nitro groups is 1. The molecule has 0 saturated heterocycles. The third-order valence-corrected chi connectivity index (χ3v) is 4.72. The molecule has 0 aromatic heterocycles. The van der Waals surface area contributed by atoms with Gasteiger partial charge in [0.25, 0.3) is 15.7 Å². The number of anilines is 1. The highest BCUT2D eigenvalue weighted by Crippen LogP contribution is 2.34. The Morgan fingerprint density at radius 2 is 1.75 bits per heavy atom. The van der Waals surface area contributed by atoms with Crippen molar-refractivity contribution in [3.63, 3.8) is 0 Å². The Bertz CT molecular complexity index is 900. The molecule has 0 aliphatic rings. The number of para-hydroxylation sites is 1. The van der Waals surface area contributed by atoms with Crippen LogP contribution in [0.15, 0.2) is 51.8 Å². The van der Waals surface area contributed by atoms with E-state index in [0.717, 1.165) is 24.3 Å². The molecule has 1 N–H and O–H groups in total. The first-order chi connectivity index (χ1) is 11.0. The number of alkyl halides is 3. The largest absolute Gasteiger partial charge is 0.416 e. The van der Waals surface area contributed by atoms with Crippen molar-refractivity contribution in [3.05, 3.63) is 62.6 Å². The topological polar surface area (TPSA) is 89.3 Å². The molecule has 24 heavy (non-hydrogen) atoms. The zero-order chi connectivity index (χ0) is 18.1. The Balaban J connectivity index is 2.48. The van der Waals surface area contributed by atoms with Crippen molar-refractivity contribution >= 4 is 37.3 Å². The van der Waals surface area contributed by atoms with E-state index in [2.05, 4.69) is 15.9 Å². The molecule has 0 heterocycles. The summed E-state index contributed by atoms with van der Waals surface area (Å²) in [5.74, 6) is 0. The Kier molecular flexibility index (Phi) is 4.85. The molecule has 0 aliphatic heterocycles. The number of rotatable bonds is 4.